The van der Waals surface area contributed by atoms with Gasteiger partial charge in [0.15, 0.2) is 5.65 Å². The number of hydrogen-bond acceptors (Lipinski definition) is 8. The number of hydrogen-bond donors (Lipinski definition) is 2. The molecule has 6 rings (SSSR count). The van der Waals surface area contributed by atoms with E-state index in [4.69, 9.17) is 16.3 Å². The number of rotatable bonds is 7. The minimum atomic E-state index is -4.96. The fourth-order valence-corrected chi connectivity index (χ4v) is 5.07. The first-order valence-corrected chi connectivity index (χ1v) is 14.0. The number of nitrogens with one attached hydrogen (secondary N) is 2. The Labute approximate surface area is 254 Å². The summed E-state index contributed by atoms with van der Waals surface area (Å²) in [4.78, 5) is 31.1. The first-order valence-electron chi connectivity index (χ1n) is 13.6. The number of carbonyl (C=O) groups excluding carboxylic acids is 1. The molecule has 1 amide bonds. The topological polar surface area (TPSA) is 116 Å². The Morgan fingerprint density at radius 1 is 1.09 bits per heavy atom. The number of benzene rings is 2. The summed E-state index contributed by atoms with van der Waals surface area (Å²) in [6.07, 6.45) is 2.71. The van der Waals surface area contributed by atoms with E-state index in [2.05, 4.69) is 35.3 Å². The molecule has 0 radical (unpaired) electrons. The van der Waals surface area contributed by atoms with Crippen LogP contribution in [0.2, 0.25) is 5.02 Å². The molecule has 1 saturated heterocycles. The van der Waals surface area contributed by atoms with E-state index < -0.39 is 18.0 Å². The van der Waals surface area contributed by atoms with Crippen molar-refractivity contribution in [2.24, 2.45) is 0 Å². The van der Waals surface area contributed by atoms with Gasteiger partial charge in [0, 0.05) is 35.3 Å². The van der Waals surface area contributed by atoms with Crippen molar-refractivity contribution in [2.45, 2.75) is 38.8 Å². The van der Waals surface area contributed by atoms with Crippen LogP contribution in [0.1, 0.15) is 41.4 Å². The highest BCUT2D eigenvalue weighted by molar-refractivity contribution is 6.32. The number of anilines is 3. The molecule has 2 N–H and O–H groups in total. The number of fused-ring (bicyclic) bond motifs is 1. The molecule has 1 aliphatic heterocycles. The number of aromatic nitrogens is 5. The standard InChI is InChI=1S/C30H25ClF3N7O3/c1-17-7-9-19(39-29(42)18-8-10-21(31)23(13-18)44-30(32,33)34)14-22(17)40-27-20(5-4-11-35-27)25-26-28(37-15-36-25)41(16-38-26)24-6-2-3-12-43-24/h4-5,7-11,13-16,24H,2-3,6,12H2,1H3,(H,35,40)(H,39,42). The normalized spacial score (nSPS) is 15.2. The van der Waals surface area contributed by atoms with Crippen LogP contribution in [0.15, 0.2) is 67.4 Å². The van der Waals surface area contributed by atoms with Gasteiger partial charge in [0.2, 0.25) is 0 Å². The molecule has 10 nitrogen and oxygen atoms in total. The van der Waals surface area contributed by atoms with Gasteiger partial charge in [-0.1, -0.05) is 17.7 Å². The highest BCUT2D eigenvalue weighted by Gasteiger charge is 2.32. The van der Waals surface area contributed by atoms with Crippen LogP contribution in [0, 0.1) is 6.92 Å². The van der Waals surface area contributed by atoms with Crippen molar-refractivity contribution in [3.05, 3.63) is 83.5 Å². The fraction of sp³-hybridized carbons (Fsp3) is 0.233. The van der Waals surface area contributed by atoms with Crippen molar-refractivity contribution in [3.63, 3.8) is 0 Å². The van der Waals surface area contributed by atoms with Crippen LogP contribution >= 0.6 is 11.6 Å². The van der Waals surface area contributed by atoms with Gasteiger partial charge in [-0.2, -0.15) is 0 Å². The minimum Gasteiger partial charge on any atom is -0.404 e. The van der Waals surface area contributed by atoms with Gasteiger partial charge in [-0.05, 0) is 74.2 Å². The molecule has 1 unspecified atom stereocenters. The number of pyridine rings is 1. The summed E-state index contributed by atoms with van der Waals surface area (Å²) in [5.74, 6) is -0.826. The molecule has 3 aromatic heterocycles. The third-order valence-corrected chi connectivity index (χ3v) is 7.37. The van der Waals surface area contributed by atoms with Gasteiger partial charge in [0.1, 0.15) is 35.3 Å². The Morgan fingerprint density at radius 3 is 2.75 bits per heavy atom. The summed E-state index contributed by atoms with van der Waals surface area (Å²) in [6, 6.07) is 12.2. The van der Waals surface area contributed by atoms with Gasteiger partial charge in [0.25, 0.3) is 5.91 Å². The van der Waals surface area contributed by atoms with Crippen molar-refractivity contribution in [1.29, 1.82) is 0 Å². The van der Waals surface area contributed by atoms with Crippen molar-refractivity contribution in [2.75, 3.05) is 17.2 Å². The monoisotopic (exact) mass is 623 g/mol. The fourth-order valence-electron chi connectivity index (χ4n) is 4.91. The van der Waals surface area contributed by atoms with Crippen LogP contribution in [0.5, 0.6) is 5.75 Å². The molecular formula is C30H25ClF3N7O3. The van der Waals surface area contributed by atoms with E-state index in [9.17, 15) is 18.0 Å². The number of carbonyl (C=O) groups is 1. The SMILES string of the molecule is Cc1ccc(NC(=O)c2ccc(Cl)c(OC(F)(F)F)c2)cc1Nc1ncccc1-c1ncnc2c1ncn2C1CCCCO1. The number of ether oxygens (including phenoxy) is 2. The summed E-state index contributed by atoms with van der Waals surface area (Å²) >= 11 is 5.82. The predicted octanol–water partition coefficient (Wildman–Crippen LogP) is 7.44. The molecule has 0 spiro atoms. The van der Waals surface area contributed by atoms with Gasteiger partial charge < -0.3 is 20.1 Å². The van der Waals surface area contributed by atoms with Crippen LogP contribution in [0.4, 0.5) is 30.4 Å². The van der Waals surface area contributed by atoms with E-state index in [1.807, 2.05) is 17.6 Å². The lowest BCUT2D eigenvalue weighted by Gasteiger charge is -2.23. The Kier molecular flexibility index (Phi) is 8.06. The quantitative estimate of drug-likeness (QED) is 0.192. The average Bonchev–Trinajstić information content (AvgIpc) is 3.45. The molecule has 0 aliphatic carbocycles. The lowest BCUT2D eigenvalue weighted by atomic mass is 10.1. The van der Waals surface area contributed by atoms with Gasteiger partial charge in [-0.3, -0.25) is 9.36 Å². The third kappa shape index (κ3) is 6.29. The zero-order valence-corrected chi connectivity index (χ0v) is 24.0. The number of aryl methyl sites for hydroxylation is 1. The van der Waals surface area contributed by atoms with Gasteiger partial charge in [-0.15, -0.1) is 13.2 Å². The summed E-state index contributed by atoms with van der Waals surface area (Å²) < 4.78 is 50.0. The molecule has 1 aliphatic rings. The van der Waals surface area contributed by atoms with Crippen molar-refractivity contribution >= 4 is 45.9 Å². The molecule has 4 heterocycles. The maximum Gasteiger partial charge on any atom is 0.573 e. The molecular weight excluding hydrogens is 599 g/mol. The Bertz CT molecular complexity index is 1840. The number of amides is 1. The largest absolute Gasteiger partial charge is 0.573 e. The van der Waals surface area contributed by atoms with E-state index in [0.29, 0.717) is 46.2 Å². The molecule has 5 aromatic rings. The number of imidazole rings is 1. The zero-order valence-electron chi connectivity index (χ0n) is 23.2. The van der Waals surface area contributed by atoms with Gasteiger partial charge >= 0.3 is 6.36 Å². The summed E-state index contributed by atoms with van der Waals surface area (Å²) in [6.45, 7) is 2.57. The molecule has 2 aromatic carbocycles. The van der Waals surface area contributed by atoms with E-state index in [1.54, 1.807) is 36.8 Å². The van der Waals surface area contributed by atoms with Crippen molar-refractivity contribution in [1.82, 2.24) is 24.5 Å². The minimum absolute atomic E-state index is 0.0680. The van der Waals surface area contributed by atoms with Crippen molar-refractivity contribution in [3.8, 4) is 17.0 Å². The first-order chi connectivity index (χ1) is 21.2. The summed E-state index contributed by atoms with van der Waals surface area (Å²) in [5.41, 5.74) is 4.33. The molecule has 0 bridgehead atoms. The first kappa shape index (κ1) is 29.3. The van der Waals surface area contributed by atoms with Crippen LogP contribution in [-0.4, -0.2) is 43.4 Å². The molecule has 226 valence electrons. The number of halogens is 4. The molecule has 1 fully saturated rings. The Morgan fingerprint density at radius 2 is 1.95 bits per heavy atom. The number of nitrogens with zero attached hydrogens (tertiary/aromatic N) is 5. The van der Waals surface area contributed by atoms with Crippen molar-refractivity contribution < 1.29 is 27.4 Å². The Balaban J connectivity index is 1.27. The van der Waals surface area contributed by atoms with E-state index in [1.165, 1.54) is 12.4 Å². The van der Waals surface area contributed by atoms with Gasteiger partial charge in [-0.25, -0.2) is 19.9 Å². The third-order valence-electron chi connectivity index (χ3n) is 7.06. The lowest BCUT2D eigenvalue weighted by Crippen LogP contribution is -2.18. The average molecular weight is 624 g/mol. The summed E-state index contributed by atoms with van der Waals surface area (Å²) in [7, 11) is 0. The van der Waals surface area contributed by atoms with E-state index >= 15 is 0 Å². The second-order valence-electron chi connectivity index (χ2n) is 10.1. The van der Waals surface area contributed by atoms with Crippen LogP contribution in [0.25, 0.3) is 22.4 Å². The van der Waals surface area contributed by atoms with Crippen LogP contribution in [-0.2, 0) is 4.74 Å². The number of alkyl halides is 3. The predicted molar refractivity (Wildman–Crippen MR) is 158 cm³/mol. The maximum absolute atomic E-state index is 12.9. The zero-order chi connectivity index (χ0) is 30.8. The maximum atomic E-state index is 12.9. The second kappa shape index (κ2) is 12.1. The van der Waals surface area contributed by atoms with Crippen LogP contribution in [0.3, 0.4) is 0 Å². The summed E-state index contributed by atoms with van der Waals surface area (Å²) in [5, 5.41) is 5.75. The van der Waals surface area contributed by atoms with Crippen LogP contribution < -0.4 is 15.4 Å². The second-order valence-corrected chi connectivity index (χ2v) is 10.5. The van der Waals surface area contributed by atoms with E-state index in [-0.39, 0.29) is 16.8 Å². The Hall–Kier alpha value is -4.75. The smallest absolute Gasteiger partial charge is 0.404 e. The lowest BCUT2D eigenvalue weighted by molar-refractivity contribution is -0.274. The molecule has 0 saturated carbocycles. The van der Waals surface area contributed by atoms with E-state index in [0.717, 1.165) is 37.0 Å². The highest BCUT2D eigenvalue weighted by Crippen LogP contribution is 2.35. The highest BCUT2D eigenvalue weighted by atomic mass is 35.5. The molecule has 14 heteroatoms. The molecule has 1 atom stereocenters. The molecule has 44 heavy (non-hydrogen) atoms. The van der Waals surface area contributed by atoms with Gasteiger partial charge in [0.05, 0.1) is 11.3 Å².